The highest BCUT2D eigenvalue weighted by Gasteiger charge is 2.14. The summed E-state index contributed by atoms with van der Waals surface area (Å²) < 4.78 is 0. The molecule has 0 radical (unpaired) electrons. The van der Waals surface area contributed by atoms with Gasteiger partial charge in [-0.2, -0.15) is 0 Å². The van der Waals surface area contributed by atoms with E-state index < -0.39 is 0 Å². The van der Waals surface area contributed by atoms with E-state index in [0.717, 1.165) is 44.7 Å². The van der Waals surface area contributed by atoms with Gasteiger partial charge in [-0.15, -0.1) is 0 Å². The fourth-order valence-corrected chi connectivity index (χ4v) is 5.13. The number of rotatable bonds is 4. The van der Waals surface area contributed by atoms with E-state index in [1.54, 1.807) is 0 Å². The Hall–Kier alpha value is -5.15. The maximum atomic E-state index is 5.05. The van der Waals surface area contributed by atoms with Crippen molar-refractivity contribution in [3.05, 3.63) is 140 Å². The summed E-state index contributed by atoms with van der Waals surface area (Å²) in [4.78, 5) is 14.4. The van der Waals surface area contributed by atoms with E-state index in [-0.39, 0.29) is 0 Å². The maximum absolute atomic E-state index is 5.05. The number of para-hydroxylation sites is 2. The van der Waals surface area contributed by atoms with E-state index >= 15 is 0 Å². The molecule has 7 rings (SSSR count). The topological polar surface area (TPSA) is 38.7 Å². The average Bonchev–Trinajstić information content (AvgIpc) is 3.01. The Bertz CT molecular complexity index is 1890. The zero-order valence-corrected chi connectivity index (χ0v) is 20.6. The molecule has 0 amide bonds. The van der Waals surface area contributed by atoms with Crippen LogP contribution in [-0.4, -0.2) is 15.0 Å². The molecule has 0 aliphatic carbocycles. The van der Waals surface area contributed by atoms with Crippen LogP contribution in [-0.2, 0) is 0 Å². The third kappa shape index (κ3) is 3.91. The zero-order chi connectivity index (χ0) is 25.3. The van der Waals surface area contributed by atoms with Crippen LogP contribution in [0.3, 0.4) is 0 Å². The van der Waals surface area contributed by atoms with Crippen LogP contribution in [0.1, 0.15) is 0 Å². The minimum absolute atomic E-state index is 0.887. The second-order valence-electron chi connectivity index (χ2n) is 9.30. The van der Waals surface area contributed by atoms with Gasteiger partial charge in [0.15, 0.2) is 0 Å². The quantitative estimate of drug-likeness (QED) is 0.250. The van der Waals surface area contributed by atoms with Gasteiger partial charge in [-0.05, 0) is 45.7 Å². The van der Waals surface area contributed by atoms with Crippen LogP contribution in [0, 0.1) is 0 Å². The summed E-state index contributed by atoms with van der Waals surface area (Å²) in [7, 11) is 0. The van der Waals surface area contributed by atoms with Crippen molar-refractivity contribution in [2.45, 2.75) is 0 Å². The fourth-order valence-electron chi connectivity index (χ4n) is 5.13. The summed E-state index contributed by atoms with van der Waals surface area (Å²) in [5, 5.41) is 2.44. The van der Waals surface area contributed by atoms with Gasteiger partial charge in [0.2, 0.25) is 0 Å². The Morgan fingerprint density at radius 2 is 0.868 bits per heavy atom. The van der Waals surface area contributed by atoms with Crippen molar-refractivity contribution in [2.75, 3.05) is 0 Å². The standard InChI is InChI=1S/C35H23N3/c1-2-9-25(10-3-1)34-35(38-33-15-7-6-14-32(33)37-34)26-18-16-24(17-19-26)28-20-21-29(27-11-8-22-36-23-27)31-13-5-4-12-30(28)31/h1-23H. The Morgan fingerprint density at radius 3 is 1.47 bits per heavy atom. The molecule has 0 N–H and O–H groups in total. The summed E-state index contributed by atoms with van der Waals surface area (Å²) >= 11 is 0. The molecule has 0 saturated carbocycles. The van der Waals surface area contributed by atoms with Crippen LogP contribution in [0.2, 0.25) is 0 Å². The van der Waals surface area contributed by atoms with Crippen molar-refractivity contribution < 1.29 is 0 Å². The Kier molecular flexibility index (Phi) is 5.45. The van der Waals surface area contributed by atoms with Gasteiger partial charge in [0.1, 0.15) is 0 Å². The molecule has 0 fully saturated rings. The molecule has 178 valence electrons. The lowest BCUT2D eigenvalue weighted by Gasteiger charge is -2.13. The van der Waals surface area contributed by atoms with Crippen LogP contribution >= 0.6 is 0 Å². The van der Waals surface area contributed by atoms with E-state index in [1.165, 1.54) is 21.9 Å². The Morgan fingerprint density at radius 1 is 0.368 bits per heavy atom. The van der Waals surface area contributed by atoms with Crippen molar-refractivity contribution in [1.82, 2.24) is 15.0 Å². The van der Waals surface area contributed by atoms with E-state index in [4.69, 9.17) is 9.97 Å². The van der Waals surface area contributed by atoms with E-state index in [2.05, 4.69) is 83.8 Å². The normalized spacial score (nSPS) is 11.2. The molecule has 2 heterocycles. The Balaban J connectivity index is 1.35. The number of benzene rings is 5. The highest BCUT2D eigenvalue weighted by molar-refractivity contribution is 6.05. The van der Waals surface area contributed by atoms with Crippen LogP contribution < -0.4 is 0 Å². The second-order valence-corrected chi connectivity index (χ2v) is 9.30. The maximum Gasteiger partial charge on any atom is 0.0973 e. The third-order valence-corrected chi connectivity index (χ3v) is 6.98. The van der Waals surface area contributed by atoms with E-state index in [9.17, 15) is 0 Å². The average molecular weight is 486 g/mol. The summed E-state index contributed by atoms with van der Waals surface area (Å²) in [6, 6.07) is 44.1. The van der Waals surface area contributed by atoms with Crippen LogP contribution in [0.4, 0.5) is 0 Å². The van der Waals surface area contributed by atoms with Gasteiger partial charge in [-0.3, -0.25) is 4.98 Å². The van der Waals surface area contributed by atoms with Crippen LogP contribution in [0.25, 0.3) is 66.6 Å². The van der Waals surface area contributed by atoms with E-state index in [0.29, 0.717) is 0 Å². The molecule has 3 heteroatoms. The lowest BCUT2D eigenvalue weighted by Crippen LogP contribution is -1.95. The van der Waals surface area contributed by atoms with Gasteiger partial charge < -0.3 is 0 Å². The first-order valence-electron chi connectivity index (χ1n) is 12.7. The molecule has 2 aromatic heterocycles. The lowest BCUT2D eigenvalue weighted by atomic mass is 9.92. The first-order valence-corrected chi connectivity index (χ1v) is 12.7. The van der Waals surface area contributed by atoms with Crippen molar-refractivity contribution in [2.24, 2.45) is 0 Å². The molecular weight excluding hydrogens is 462 g/mol. The molecule has 0 unspecified atom stereocenters. The molecule has 0 aliphatic rings. The summed E-state index contributed by atoms with van der Waals surface area (Å²) in [5.41, 5.74) is 10.3. The van der Waals surface area contributed by atoms with Gasteiger partial charge >= 0.3 is 0 Å². The molecule has 0 atom stereocenters. The van der Waals surface area contributed by atoms with Gasteiger partial charge in [-0.1, -0.05) is 109 Å². The minimum Gasteiger partial charge on any atom is -0.264 e. The lowest BCUT2D eigenvalue weighted by molar-refractivity contribution is 1.29. The smallest absolute Gasteiger partial charge is 0.0973 e. The molecule has 3 nitrogen and oxygen atoms in total. The van der Waals surface area contributed by atoms with Crippen LogP contribution in [0.5, 0.6) is 0 Å². The number of hydrogen-bond acceptors (Lipinski definition) is 3. The SMILES string of the molecule is c1ccc(-c2nc3ccccc3nc2-c2ccc(-c3ccc(-c4cccnc4)c4ccccc34)cc2)cc1. The second kappa shape index (κ2) is 9.38. The van der Waals surface area contributed by atoms with Crippen LogP contribution in [0.15, 0.2) is 140 Å². The summed E-state index contributed by atoms with van der Waals surface area (Å²) in [6.07, 6.45) is 3.73. The predicted molar refractivity (Wildman–Crippen MR) is 157 cm³/mol. The molecule has 0 aliphatic heterocycles. The number of fused-ring (bicyclic) bond motifs is 2. The zero-order valence-electron chi connectivity index (χ0n) is 20.6. The van der Waals surface area contributed by atoms with Crippen molar-refractivity contribution in [1.29, 1.82) is 0 Å². The summed E-state index contributed by atoms with van der Waals surface area (Å²) in [5.74, 6) is 0. The first-order chi connectivity index (χ1) is 18.8. The Labute approximate surface area is 221 Å². The monoisotopic (exact) mass is 485 g/mol. The fraction of sp³-hybridized carbons (Fsp3) is 0. The predicted octanol–water partition coefficient (Wildman–Crippen LogP) is 8.85. The van der Waals surface area contributed by atoms with E-state index in [1.807, 2.05) is 60.9 Å². The van der Waals surface area contributed by atoms with Crippen molar-refractivity contribution in [3.8, 4) is 44.8 Å². The molecule has 5 aromatic carbocycles. The molecule has 0 saturated heterocycles. The van der Waals surface area contributed by atoms with Crippen molar-refractivity contribution in [3.63, 3.8) is 0 Å². The highest BCUT2D eigenvalue weighted by atomic mass is 14.8. The molecule has 7 aromatic rings. The van der Waals surface area contributed by atoms with Gasteiger partial charge in [0.05, 0.1) is 22.4 Å². The highest BCUT2D eigenvalue weighted by Crippen LogP contribution is 2.37. The number of pyridine rings is 1. The molecule has 38 heavy (non-hydrogen) atoms. The first kappa shape index (κ1) is 22.1. The van der Waals surface area contributed by atoms with Gasteiger partial charge in [0, 0.05) is 29.1 Å². The molecule has 0 spiro atoms. The third-order valence-electron chi connectivity index (χ3n) is 6.98. The number of aromatic nitrogens is 3. The largest absolute Gasteiger partial charge is 0.264 e. The number of hydrogen-bond donors (Lipinski definition) is 0. The minimum atomic E-state index is 0.887. The van der Waals surface area contributed by atoms with Gasteiger partial charge in [-0.25, -0.2) is 9.97 Å². The summed E-state index contributed by atoms with van der Waals surface area (Å²) in [6.45, 7) is 0. The number of nitrogens with zero attached hydrogens (tertiary/aromatic N) is 3. The van der Waals surface area contributed by atoms with Gasteiger partial charge in [0.25, 0.3) is 0 Å². The molecule has 0 bridgehead atoms. The molecular formula is C35H23N3. The van der Waals surface area contributed by atoms with Crippen molar-refractivity contribution >= 4 is 21.8 Å².